The van der Waals surface area contributed by atoms with Gasteiger partial charge in [-0.1, -0.05) is 6.92 Å². The lowest BCUT2D eigenvalue weighted by molar-refractivity contribution is 0.409. The number of benzene rings is 1. The maximum Gasteiger partial charge on any atom is 0.147 e. The molecule has 1 aromatic carbocycles. The first-order valence-corrected chi connectivity index (χ1v) is 6.50. The predicted molar refractivity (Wildman–Crippen MR) is 70.4 cm³/mol. The second kappa shape index (κ2) is 6.51. The van der Waals surface area contributed by atoms with Crippen LogP contribution in [-0.4, -0.2) is 13.7 Å². The maximum absolute atomic E-state index is 5.24. The van der Waals surface area contributed by atoms with Gasteiger partial charge in [0.1, 0.15) is 5.75 Å². The van der Waals surface area contributed by atoms with Gasteiger partial charge in [-0.25, -0.2) is 0 Å². The Hall–Kier alpha value is -0.0600. The van der Waals surface area contributed by atoms with Crippen LogP contribution in [0, 0.1) is 0 Å². The standard InChI is InChI=1S/C11H15Br2NO/c1-3-4-14-7-8-5-9(12)11(15-2)10(13)6-8/h5-6,14H,3-4,7H2,1-2H3. The molecule has 0 radical (unpaired) electrons. The Bertz CT molecular complexity index is 305. The van der Waals surface area contributed by atoms with Gasteiger partial charge in [-0.05, 0) is 62.5 Å². The molecule has 0 bridgehead atoms. The number of halogens is 2. The molecule has 0 unspecified atom stereocenters. The molecule has 0 atom stereocenters. The van der Waals surface area contributed by atoms with E-state index in [1.54, 1.807) is 7.11 Å². The SMILES string of the molecule is CCCNCc1cc(Br)c(OC)c(Br)c1. The molecule has 4 heteroatoms. The van der Waals surface area contributed by atoms with Gasteiger partial charge in [0, 0.05) is 6.54 Å². The van der Waals surface area contributed by atoms with E-state index in [2.05, 4.69) is 56.2 Å². The zero-order valence-electron chi connectivity index (χ0n) is 8.94. The van der Waals surface area contributed by atoms with Crippen LogP contribution in [0.25, 0.3) is 0 Å². The van der Waals surface area contributed by atoms with Crippen LogP contribution in [0.2, 0.25) is 0 Å². The second-order valence-corrected chi connectivity index (χ2v) is 4.98. The van der Waals surface area contributed by atoms with E-state index in [1.165, 1.54) is 5.56 Å². The van der Waals surface area contributed by atoms with Crippen LogP contribution in [0.1, 0.15) is 18.9 Å². The summed E-state index contributed by atoms with van der Waals surface area (Å²) in [6.45, 7) is 4.09. The van der Waals surface area contributed by atoms with Crippen LogP contribution in [0.3, 0.4) is 0 Å². The molecule has 15 heavy (non-hydrogen) atoms. The first-order chi connectivity index (χ1) is 7.19. The van der Waals surface area contributed by atoms with Gasteiger partial charge < -0.3 is 10.1 Å². The van der Waals surface area contributed by atoms with Crippen molar-refractivity contribution in [2.75, 3.05) is 13.7 Å². The van der Waals surface area contributed by atoms with Crippen LogP contribution in [-0.2, 0) is 6.54 Å². The molecular weight excluding hydrogens is 322 g/mol. The predicted octanol–water partition coefficient (Wildman–Crippen LogP) is 3.72. The number of nitrogens with one attached hydrogen (secondary N) is 1. The van der Waals surface area contributed by atoms with Gasteiger partial charge in [-0.2, -0.15) is 0 Å². The fourth-order valence-electron chi connectivity index (χ4n) is 1.32. The Kier molecular flexibility index (Phi) is 5.64. The van der Waals surface area contributed by atoms with Crippen LogP contribution in [0.4, 0.5) is 0 Å². The van der Waals surface area contributed by atoms with Gasteiger partial charge in [0.25, 0.3) is 0 Å². The highest BCUT2D eigenvalue weighted by molar-refractivity contribution is 9.11. The molecule has 0 aliphatic rings. The third-order valence-corrected chi connectivity index (χ3v) is 3.20. The van der Waals surface area contributed by atoms with Crippen LogP contribution in [0.15, 0.2) is 21.1 Å². The van der Waals surface area contributed by atoms with Crippen molar-refractivity contribution in [1.82, 2.24) is 5.32 Å². The minimum Gasteiger partial charge on any atom is -0.494 e. The van der Waals surface area contributed by atoms with E-state index < -0.39 is 0 Å². The molecule has 2 nitrogen and oxygen atoms in total. The molecule has 0 saturated heterocycles. The Morgan fingerprint density at radius 2 is 1.87 bits per heavy atom. The molecule has 1 rings (SSSR count). The number of hydrogen-bond acceptors (Lipinski definition) is 2. The fourth-order valence-corrected chi connectivity index (χ4v) is 2.92. The summed E-state index contributed by atoms with van der Waals surface area (Å²) in [7, 11) is 1.67. The fraction of sp³-hybridized carbons (Fsp3) is 0.455. The van der Waals surface area contributed by atoms with Crippen molar-refractivity contribution in [3.8, 4) is 5.75 Å². The molecule has 1 N–H and O–H groups in total. The van der Waals surface area contributed by atoms with Crippen LogP contribution >= 0.6 is 31.9 Å². The maximum atomic E-state index is 5.24. The van der Waals surface area contributed by atoms with Crippen LogP contribution in [0.5, 0.6) is 5.75 Å². The van der Waals surface area contributed by atoms with E-state index in [0.29, 0.717) is 0 Å². The topological polar surface area (TPSA) is 21.3 Å². The molecule has 0 saturated carbocycles. The normalized spacial score (nSPS) is 10.4. The van der Waals surface area contributed by atoms with E-state index >= 15 is 0 Å². The molecule has 0 aliphatic carbocycles. The molecule has 0 amide bonds. The molecule has 0 fully saturated rings. The summed E-state index contributed by atoms with van der Waals surface area (Å²) in [6.07, 6.45) is 1.15. The molecule has 84 valence electrons. The van der Waals surface area contributed by atoms with E-state index in [4.69, 9.17) is 4.74 Å². The highest BCUT2D eigenvalue weighted by atomic mass is 79.9. The van der Waals surface area contributed by atoms with Crippen molar-refractivity contribution in [2.45, 2.75) is 19.9 Å². The minimum atomic E-state index is 0.842. The highest BCUT2D eigenvalue weighted by Gasteiger charge is 2.07. The molecular formula is C11H15Br2NO. The van der Waals surface area contributed by atoms with E-state index in [9.17, 15) is 0 Å². The van der Waals surface area contributed by atoms with Gasteiger partial charge >= 0.3 is 0 Å². The van der Waals surface area contributed by atoms with E-state index in [1.807, 2.05) is 0 Å². The number of ether oxygens (including phenoxy) is 1. The second-order valence-electron chi connectivity index (χ2n) is 3.27. The number of rotatable bonds is 5. The zero-order valence-corrected chi connectivity index (χ0v) is 12.1. The van der Waals surface area contributed by atoms with Crippen molar-refractivity contribution >= 4 is 31.9 Å². The summed E-state index contributed by atoms with van der Waals surface area (Å²) in [5, 5.41) is 3.36. The lowest BCUT2D eigenvalue weighted by Crippen LogP contribution is -2.13. The zero-order chi connectivity index (χ0) is 11.3. The summed E-state index contributed by atoms with van der Waals surface area (Å²) in [4.78, 5) is 0. The third kappa shape index (κ3) is 3.78. The molecule has 1 aromatic rings. The van der Waals surface area contributed by atoms with Gasteiger partial charge in [-0.3, -0.25) is 0 Å². The number of hydrogen-bond donors (Lipinski definition) is 1. The van der Waals surface area contributed by atoms with Gasteiger partial charge in [0.15, 0.2) is 0 Å². The van der Waals surface area contributed by atoms with E-state index in [-0.39, 0.29) is 0 Å². The summed E-state index contributed by atoms with van der Waals surface area (Å²) in [5.41, 5.74) is 1.24. The third-order valence-electron chi connectivity index (χ3n) is 2.02. The summed E-state index contributed by atoms with van der Waals surface area (Å²) in [6, 6.07) is 4.15. The van der Waals surface area contributed by atoms with E-state index in [0.717, 1.165) is 34.2 Å². The Morgan fingerprint density at radius 3 is 2.33 bits per heavy atom. The Labute approximate surface area is 108 Å². The lowest BCUT2D eigenvalue weighted by Gasteiger charge is -2.09. The quantitative estimate of drug-likeness (QED) is 0.827. The molecule has 0 spiro atoms. The van der Waals surface area contributed by atoms with Gasteiger partial charge in [0.2, 0.25) is 0 Å². The average molecular weight is 337 g/mol. The minimum absolute atomic E-state index is 0.842. The van der Waals surface area contributed by atoms with Gasteiger partial charge in [-0.15, -0.1) is 0 Å². The molecule has 0 aromatic heterocycles. The van der Waals surface area contributed by atoms with Crippen molar-refractivity contribution in [3.05, 3.63) is 26.6 Å². The first-order valence-electron chi connectivity index (χ1n) is 4.91. The summed E-state index contributed by atoms with van der Waals surface area (Å²) < 4.78 is 7.20. The Morgan fingerprint density at radius 1 is 1.27 bits per heavy atom. The van der Waals surface area contributed by atoms with Crippen LogP contribution < -0.4 is 10.1 Å². The largest absolute Gasteiger partial charge is 0.494 e. The summed E-state index contributed by atoms with van der Waals surface area (Å²) in [5.74, 6) is 0.842. The molecule has 0 heterocycles. The smallest absolute Gasteiger partial charge is 0.147 e. The summed E-state index contributed by atoms with van der Waals surface area (Å²) >= 11 is 6.97. The average Bonchev–Trinajstić information content (AvgIpc) is 2.18. The monoisotopic (exact) mass is 335 g/mol. The van der Waals surface area contributed by atoms with Gasteiger partial charge in [0.05, 0.1) is 16.1 Å². The highest BCUT2D eigenvalue weighted by Crippen LogP contribution is 2.34. The molecule has 0 aliphatic heterocycles. The first kappa shape index (κ1) is 13.0. The Balaban J connectivity index is 2.75. The van der Waals surface area contributed by atoms with Crippen molar-refractivity contribution in [1.29, 1.82) is 0 Å². The number of methoxy groups -OCH3 is 1. The van der Waals surface area contributed by atoms with Crippen molar-refractivity contribution in [3.63, 3.8) is 0 Å². The van der Waals surface area contributed by atoms with Crippen molar-refractivity contribution in [2.24, 2.45) is 0 Å². The van der Waals surface area contributed by atoms with Crippen molar-refractivity contribution < 1.29 is 4.74 Å². The lowest BCUT2D eigenvalue weighted by atomic mass is 10.2.